The van der Waals surface area contributed by atoms with E-state index in [1.54, 1.807) is 12.1 Å². The van der Waals surface area contributed by atoms with Crippen LogP contribution in [0.5, 0.6) is 0 Å². The maximum absolute atomic E-state index is 13.5. The first kappa shape index (κ1) is 12.0. The van der Waals surface area contributed by atoms with E-state index in [-0.39, 0.29) is 5.82 Å². The molecule has 0 fully saturated rings. The summed E-state index contributed by atoms with van der Waals surface area (Å²) in [7, 11) is 0. The quantitative estimate of drug-likeness (QED) is 0.928. The predicted octanol–water partition coefficient (Wildman–Crippen LogP) is 3.90. The molecule has 88 valence electrons. The molecular formula is C13H12BrFN2. The van der Waals surface area contributed by atoms with Crippen molar-refractivity contribution in [1.82, 2.24) is 4.98 Å². The number of anilines is 1. The standard InChI is InChI=1S/C13H12BrFN2/c1-9-3-2-4-13(17-9)16-8-10-7-11(14)5-6-12(10)15/h2-7H,8H2,1H3,(H,16,17). The van der Waals surface area contributed by atoms with Gasteiger partial charge in [0.25, 0.3) is 0 Å². The molecule has 1 N–H and O–H groups in total. The molecule has 1 heterocycles. The summed E-state index contributed by atoms with van der Waals surface area (Å²) >= 11 is 3.32. The zero-order chi connectivity index (χ0) is 12.3. The van der Waals surface area contributed by atoms with Crippen molar-refractivity contribution in [1.29, 1.82) is 0 Å². The van der Waals surface area contributed by atoms with Crippen LogP contribution in [0.1, 0.15) is 11.3 Å². The summed E-state index contributed by atoms with van der Waals surface area (Å²) in [6, 6.07) is 10.6. The first-order valence-electron chi connectivity index (χ1n) is 5.26. The highest BCUT2D eigenvalue weighted by Crippen LogP contribution is 2.16. The van der Waals surface area contributed by atoms with E-state index in [0.29, 0.717) is 12.1 Å². The Labute approximate surface area is 108 Å². The van der Waals surface area contributed by atoms with Crippen molar-refractivity contribution in [3.63, 3.8) is 0 Å². The summed E-state index contributed by atoms with van der Waals surface area (Å²) in [5.74, 6) is 0.540. The molecule has 0 aliphatic heterocycles. The van der Waals surface area contributed by atoms with Gasteiger partial charge in [-0.05, 0) is 37.3 Å². The summed E-state index contributed by atoms with van der Waals surface area (Å²) in [6.45, 7) is 2.34. The molecule has 2 rings (SSSR count). The van der Waals surface area contributed by atoms with Crippen molar-refractivity contribution < 1.29 is 4.39 Å². The van der Waals surface area contributed by atoms with Crippen molar-refractivity contribution in [3.8, 4) is 0 Å². The first-order valence-corrected chi connectivity index (χ1v) is 6.06. The summed E-state index contributed by atoms with van der Waals surface area (Å²) in [6.07, 6.45) is 0. The highest BCUT2D eigenvalue weighted by atomic mass is 79.9. The normalized spacial score (nSPS) is 10.3. The summed E-state index contributed by atoms with van der Waals surface area (Å²) in [4.78, 5) is 4.30. The monoisotopic (exact) mass is 294 g/mol. The van der Waals surface area contributed by atoms with Crippen molar-refractivity contribution in [2.24, 2.45) is 0 Å². The molecule has 0 aliphatic carbocycles. The fourth-order valence-electron chi connectivity index (χ4n) is 1.51. The van der Waals surface area contributed by atoms with E-state index in [4.69, 9.17) is 0 Å². The second kappa shape index (κ2) is 5.27. The fourth-order valence-corrected chi connectivity index (χ4v) is 1.91. The summed E-state index contributed by atoms with van der Waals surface area (Å²) < 4.78 is 14.3. The van der Waals surface area contributed by atoms with Crippen molar-refractivity contribution >= 4 is 21.7 Å². The number of halogens is 2. The lowest BCUT2D eigenvalue weighted by Gasteiger charge is -2.07. The molecule has 4 heteroatoms. The number of nitrogens with zero attached hydrogens (tertiary/aromatic N) is 1. The lowest BCUT2D eigenvalue weighted by atomic mass is 10.2. The minimum Gasteiger partial charge on any atom is -0.366 e. The minimum atomic E-state index is -0.214. The molecule has 0 bridgehead atoms. The van der Waals surface area contributed by atoms with E-state index in [2.05, 4.69) is 26.2 Å². The Bertz CT molecular complexity index is 529. The Balaban J connectivity index is 2.09. The molecule has 0 amide bonds. The number of pyridine rings is 1. The zero-order valence-corrected chi connectivity index (χ0v) is 11.0. The van der Waals surface area contributed by atoms with Gasteiger partial charge in [-0.1, -0.05) is 22.0 Å². The molecule has 1 aromatic heterocycles. The Morgan fingerprint density at radius 1 is 1.29 bits per heavy atom. The van der Waals surface area contributed by atoms with Gasteiger partial charge in [0.15, 0.2) is 0 Å². The van der Waals surface area contributed by atoms with Crippen LogP contribution < -0.4 is 5.32 Å². The van der Waals surface area contributed by atoms with Gasteiger partial charge in [-0.2, -0.15) is 0 Å². The molecule has 0 unspecified atom stereocenters. The van der Waals surface area contributed by atoms with Gasteiger partial charge in [0, 0.05) is 22.3 Å². The molecule has 0 saturated carbocycles. The Morgan fingerprint density at radius 3 is 2.88 bits per heavy atom. The highest BCUT2D eigenvalue weighted by molar-refractivity contribution is 9.10. The average Bonchev–Trinajstić information content (AvgIpc) is 2.30. The number of hydrogen-bond donors (Lipinski definition) is 1. The largest absolute Gasteiger partial charge is 0.366 e. The molecule has 0 radical (unpaired) electrons. The van der Waals surface area contributed by atoms with Gasteiger partial charge < -0.3 is 5.32 Å². The van der Waals surface area contributed by atoms with Crippen molar-refractivity contribution in [3.05, 3.63) is 57.9 Å². The van der Waals surface area contributed by atoms with Crippen LogP contribution in [-0.2, 0) is 6.54 Å². The van der Waals surface area contributed by atoms with Gasteiger partial charge in [0.2, 0.25) is 0 Å². The number of benzene rings is 1. The van der Waals surface area contributed by atoms with Gasteiger partial charge in [-0.25, -0.2) is 9.37 Å². The van der Waals surface area contributed by atoms with Crippen LogP contribution in [0, 0.1) is 12.7 Å². The number of rotatable bonds is 3. The molecule has 0 aliphatic rings. The molecule has 0 spiro atoms. The summed E-state index contributed by atoms with van der Waals surface area (Å²) in [5.41, 5.74) is 1.55. The van der Waals surface area contributed by atoms with Crippen LogP contribution in [0.3, 0.4) is 0 Å². The molecule has 0 saturated heterocycles. The second-order valence-corrected chi connectivity index (χ2v) is 4.67. The molecule has 17 heavy (non-hydrogen) atoms. The predicted molar refractivity (Wildman–Crippen MR) is 70.4 cm³/mol. The van der Waals surface area contributed by atoms with Crippen LogP contribution in [0.4, 0.5) is 10.2 Å². The van der Waals surface area contributed by atoms with Crippen molar-refractivity contribution in [2.45, 2.75) is 13.5 Å². The van der Waals surface area contributed by atoms with Gasteiger partial charge in [-0.3, -0.25) is 0 Å². The third-order valence-electron chi connectivity index (χ3n) is 2.36. The van der Waals surface area contributed by atoms with Gasteiger partial charge in [0.1, 0.15) is 11.6 Å². The van der Waals surface area contributed by atoms with E-state index in [1.807, 2.05) is 25.1 Å². The van der Waals surface area contributed by atoms with E-state index >= 15 is 0 Å². The smallest absolute Gasteiger partial charge is 0.128 e. The van der Waals surface area contributed by atoms with E-state index < -0.39 is 0 Å². The average molecular weight is 295 g/mol. The molecular weight excluding hydrogens is 283 g/mol. The van der Waals surface area contributed by atoms with Gasteiger partial charge in [0.05, 0.1) is 0 Å². The molecule has 2 aromatic rings. The second-order valence-electron chi connectivity index (χ2n) is 3.75. The van der Waals surface area contributed by atoms with Crippen LogP contribution in [0.25, 0.3) is 0 Å². The third kappa shape index (κ3) is 3.27. The van der Waals surface area contributed by atoms with Crippen LogP contribution >= 0.6 is 15.9 Å². The SMILES string of the molecule is Cc1cccc(NCc2cc(Br)ccc2F)n1. The van der Waals surface area contributed by atoms with Crippen LogP contribution in [0.2, 0.25) is 0 Å². The number of hydrogen-bond acceptors (Lipinski definition) is 2. The maximum Gasteiger partial charge on any atom is 0.128 e. The van der Waals surface area contributed by atoms with Gasteiger partial charge in [-0.15, -0.1) is 0 Å². The fraction of sp³-hybridized carbons (Fsp3) is 0.154. The topological polar surface area (TPSA) is 24.9 Å². The van der Waals surface area contributed by atoms with E-state index in [0.717, 1.165) is 16.0 Å². The Kier molecular flexibility index (Phi) is 3.74. The van der Waals surface area contributed by atoms with Crippen LogP contribution in [-0.4, -0.2) is 4.98 Å². The minimum absolute atomic E-state index is 0.214. The highest BCUT2D eigenvalue weighted by Gasteiger charge is 2.03. The molecule has 1 aromatic carbocycles. The number of nitrogens with one attached hydrogen (secondary N) is 1. The third-order valence-corrected chi connectivity index (χ3v) is 2.85. The lowest BCUT2D eigenvalue weighted by Crippen LogP contribution is -2.03. The number of aromatic nitrogens is 1. The van der Waals surface area contributed by atoms with Crippen LogP contribution in [0.15, 0.2) is 40.9 Å². The zero-order valence-electron chi connectivity index (χ0n) is 9.37. The summed E-state index contributed by atoms with van der Waals surface area (Å²) in [5, 5.41) is 3.10. The lowest BCUT2D eigenvalue weighted by molar-refractivity contribution is 0.612. The van der Waals surface area contributed by atoms with E-state index in [1.165, 1.54) is 6.07 Å². The first-order chi connectivity index (χ1) is 8.15. The Hall–Kier alpha value is -1.42. The maximum atomic E-state index is 13.5. The molecule has 2 nitrogen and oxygen atoms in total. The number of aryl methyl sites for hydroxylation is 1. The van der Waals surface area contributed by atoms with Crippen molar-refractivity contribution in [2.75, 3.05) is 5.32 Å². The van der Waals surface area contributed by atoms with E-state index in [9.17, 15) is 4.39 Å². The Morgan fingerprint density at radius 2 is 2.12 bits per heavy atom. The molecule has 0 atom stereocenters. The van der Waals surface area contributed by atoms with Gasteiger partial charge >= 0.3 is 0 Å².